The Balaban J connectivity index is 1.44. The average Bonchev–Trinajstić information content (AvgIpc) is 3.39. The van der Waals surface area contributed by atoms with E-state index in [-0.39, 0.29) is 5.91 Å². The first-order valence-corrected chi connectivity index (χ1v) is 10.3. The van der Waals surface area contributed by atoms with Crippen molar-refractivity contribution in [3.8, 4) is 0 Å². The first-order chi connectivity index (χ1) is 14.4. The number of pyridine rings is 2. The molecule has 1 aliphatic heterocycles. The van der Waals surface area contributed by atoms with Gasteiger partial charge in [-0.15, -0.1) is 0 Å². The Bertz CT molecular complexity index is 1290. The monoisotopic (exact) mass is 423 g/mol. The van der Waals surface area contributed by atoms with Gasteiger partial charge in [0.15, 0.2) is 5.65 Å². The molecule has 1 amide bonds. The zero-order valence-corrected chi connectivity index (χ0v) is 17.8. The largest absolute Gasteiger partial charge is 0.321 e. The second-order valence-corrected chi connectivity index (χ2v) is 8.21. The van der Waals surface area contributed by atoms with Crippen molar-refractivity contribution < 1.29 is 4.79 Å². The Morgan fingerprint density at radius 1 is 1.27 bits per heavy atom. The van der Waals surface area contributed by atoms with E-state index in [1.54, 1.807) is 11.7 Å². The number of hydrogen-bond acceptors (Lipinski definition) is 5. The Morgan fingerprint density at radius 2 is 2.10 bits per heavy atom. The van der Waals surface area contributed by atoms with Gasteiger partial charge in [-0.1, -0.05) is 11.6 Å². The van der Waals surface area contributed by atoms with Crippen molar-refractivity contribution in [1.82, 2.24) is 29.0 Å². The van der Waals surface area contributed by atoms with E-state index < -0.39 is 0 Å². The van der Waals surface area contributed by atoms with Gasteiger partial charge in [-0.3, -0.25) is 14.4 Å². The number of carbonyl (C=O) groups is 1. The predicted molar refractivity (Wildman–Crippen MR) is 116 cm³/mol. The maximum atomic E-state index is 12.9. The topological polar surface area (TPSA) is 80.3 Å². The number of nitrogens with one attached hydrogen (secondary N) is 1. The minimum absolute atomic E-state index is 0.312. The van der Waals surface area contributed by atoms with E-state index >= 15 is 0 Å². The Hall–Kier alpha value is -2.97. The summed E-state index contributed by atoms with van der Waals surface area (Å²) in [5.41, 5.74) is 4.29. The summed E-state index contributed by atoms with van der Waals surface area (Å²) in [6, 6.07) is 4.10. The van der Waals surface area contributed by atoms with Crippen molar-refractivity contribution >= 4 is 39.9 Å². The maximum absolute atomic E-state index is 12.9. The van der Waals surface area contributed by atoms with Gasteiger partial charge in [0, 0.05) is 25.6 Å². The fraction of sp³-hybridized carbons (Fsp3) is 0.333. The van der Waals surface area contributed by atoms with Crippen LogP contribution in [0.1, 0.15) is 40.6 Å². The third-order valence-electron chi connectivity index (χ3n) is 5.80. The molecular formula is C21H22ClN7O. The molecule has 30 heavy (non-hydrogen) atoms. The zero-order chi connectivity index (χ0) is 21.0. The lowest BCUT2D eigenvalue weighted by molar-refractivity contribution is 0.102. The van der Waals surface area contributed by atoms with E-state index in [0.717, 1.165) is 30.0 Å². The summed E-state index contributed by atoms with van der Waals surface area (Å²) in [5, 5.41) is 8.31. The summed E-state index contributed by atoms with van der Waals surface area (Å²) < 4.78 is 3.61. The molecule has 0 aliphatic carbocycles. The summed E-state index contributed by atoms with van der Waals surface area (Å²) >= 11 is 6.53. The van der Waals surface area contributed by atoms with Crippen molar-refractivity contribution in [3.05, 3.63) is 52.7 Å². The number of aromatic nitrogens is 5. The number of rotatable bonds is 3. The van der Waals surface area contributed by atoms with Crippen molar-refractivity contribution in [1.29, 1.82) is 0 Å². The van der Waals surface area contributed by atoms with Crippen LogP contribution in [0.2, 0.25) is 5.02 Å². The van der Waals surface area contributed by atoms with E-state index in [2.05, 4.69) is 27.3 Å². The van der Waals surface area contributed by atoms with Gasteiger partial charge in [0.1, 0.15) is 5.65 Å². The lowest BCUT2D eigenvalue weighted by Gasteiger charge is -2.16. The predicted octanol–water partition coefficient (Wildman–Crippen LogP) is 3.60. The highest BCUT2D eigenvalue weighted by Gasteiger charge is 2.25. The molecule has 1 unspecified atom stereocenters. The standard InChI is InChI=1S/C21H22ClN7O/c1-12-18-19(22)14(9-23-20(18)28(3)26-12)21(30)24-13-6-7-17-25-15(11-29(17)10-13)16-5-4-8-27(16)2/h6-7,9-11,16H,4-5,8H2,1-3H3,(H,24,30). The SMILES string of the molecule is Cc1nn(C)c2ncc(C(=O)Nc3ccc4nc(C5CCCN5C)cn4c3)c(Cl)c12. The van der Waals surface area contributed by atoms with Gasteiger partial charge < -0.3 is 9.72 Å². The zero-order valence-electron chi connectivity index (χ0n) is 17.1. The van der Waals surface area contributed by atoms with Crippen LogP contribution < -0.4 is 5.32 Å². The number of aryl methyl sites for hydroxylation is 2. The Morgan fingerprint density at radius 3 is 2.87 bits per heavy atom. The second kappa shape index (κ2) is 7.07. The van der Waals surface area contributed by atoms with E-state index in [1.807, 2.05) is 35.9 Å². The molecule has 1 atom stereocenters. The molecule has 5 rings (SSSR count). The van der Waals surface area contributed by atoms with Gasteiger partial charge in [0.2, 0.25) is 0 Å². The second-order valence-electron chi connectivity index (χ2n) is 7.84. The van der Waals surface area contributed by atoms with E-state index in [0.29, 0.717) is 33.3 Å². The molecular weight excluding hydrogens is 402 g/mol. The van der Waals surface area contributed by atoms with Gasteiger partial charge in [-0.25, -0.2) is 9.97 Å². The van der Waals surface area contributed by atoms with Crippen molar-refractivity contribution in [2.75, 3.05) is 18.9 Å². The molecule has 154 valence electrons. The molecule has 9 heteroatoms. The number of hydrogen-bond donors (Lipinski definition) is 1. The molecule has 5 heterocycles. The highest BCUT2D eigenvalue weighted by molar-refractivity contribution is 6.39. The minimum Gasteiger partial charge on any atom is -0.321 e. The van der Waals surface area contributed by atoms with Crippen LogP contribution in [-0.4, -0.2) is 48.5 Å². The maximum Gasteiger partial charge on any atom is 0.258 e. The molecule has 0 spiro atoms. The van der Waals surface area contributed by atoms with Crippen LogP contribution in [0, 0.1) is 6.92 Å². The Labute approximate surface area is 178 Å². The van der Waals surface area contributed by atoms with Gasteiger partial charge in [0.05, 0.1) is 39.1 Å². The molecule has 4 aromatic rings. The Kier molecular flexibility index (Phi) is 4.48. The van der Waals surface area contributed by atoms with Crippen molar-refractivity contribution in [2.24, 2.45) is 7.05 Å². The molecule has 1 saturated heterocycles. The molecule has 1 N–H and O–H groups in total. The number of halogens is 1. The van der Waals surface area contributed by atoms with E-state index in [9.17, 15) is 4.79 Å². The van der Waals surface area contributed by atoms with Crippen LogP contribution in [0.3, 0.4) is 0 Å². The third-order valence-corrected chi connectivity index (χ3v) is 6.19. The molecule has 0 bridgehead atoms. The lowest BCUT2D eigenvalue weighted by atomic mass is 10.2. The van der Waals surface area contributed by atoms with Crippen LogP contribution in [0.15, 0.2) is 30.7 Å². The molecule has 4 aromatic heterocycles. The van der Waals surface area contributed by atoms with Crippen molar-refractivity contribution in [2.45, 2.75) is 25.8 Å². The number of likely N-dealkylation sites (tertiary alicyclic amines) is 1. The van der Waals surface area contributed by atoms with Crippen molar-refractivity contribution in [3.63, 3.8) is 0 Å². The summed E-state index contributed by atoms with van der Waals surface area (Å²) in [5.74, 6) is -0.312. The molecule has 1 aliphatic rings. The van der Waals surface area contributed by atoms with Crippen LogP contribution in [0.25, 0.3) is 16.7 Å². The van der Waals surface area contributed by atoms with E-state index in [1.165, 1.54) is 12.6 Å². The number of nitrogens with zero attached hydrogens (tertiary/aromatic N) is 6. The fourth-order valence-corrected chi connectivity index (χ4v) is 4.61. The molecule has 0 aromatic carbocycles. The number of fused-ring (bicyclic) bond motifs is 2. The summed E-state index contributed by atoms with van der Waals surface area (Å²) in [7, 11) is 3.93. The highest BCUT2D eigenvalue weighted by atomic mass is 35.5. The number of anilines is 1. The summed E-state index contributed by atoms with van der Waals surface area (Å²) in [6.45, 7) is 2.94. The van der Waals surface area contributed by atoms with E-state index in [4.69, 9.17) is 16.6 Å². The lowest BCUT2D eigenvalue weighted by Crippen LogP contribution is -2.17. The molecule has 1 fully saturated rings. The fourth-order valence-electron chi connectivity index (χ4n) is 4.25. The van der Waals surface area contributed by atoms with Gasteiger partial charge in [0.25, 0.3) is 5.91 Å². The van der Waals surface area contributed by atoms with Crippen LogP contribution in [-0.2, 0) is 7.05 Å². The minimum atomic E-state index is -0.312. The number of carbonyl (C=O) groups excluding carboxylic acids is 1. The van der Waals surface area contributed by atoms with Crippen LogP contribution >= 0.6 is 11.6 Å². The van der Waals surface area contributed by atoms with Gasteiger partial charge in [-0.05, 0) is 45.5 Å². The quantitative estimate of drug-likeness (QED) is 0.544. The number of imidazole rings is 1. The normalized spacial score (nSPS) is 17.3. The first kappa shape index (κ1) is 19.0. The van der Waals surface area contributed by atoms with Gasteiger partial charge in [-0.2, -0.15) is 5.10 Å². The summed E-state index contributed by atoms with van der Waals surface area (Å²) in [4.78, 5) is 24.3. The van der Waals surface area contributed by atoms with Crippen LogP contribution in [0.4, 0.5) is 5.69 Å². The highest BCUT2D eigenvalue weighted by Crippen LogP contribution is 2.31. The number of amides is 1. The van der Waals surface area contributed by atoms with Crippen LogP contribution in [0.5, 0.6) is 0 Å². The summed E-state index contributed by atoms with van der Waals surface area (Å²) in [6.07, 6.45) is 7.70. The molecule has 0 saturated carbocycles. The third kappa shape index (κ3) is 3.03. The average molecular weight is 424 g/mol. The molecule has 8 nitrogen and oxygen atoms in total. The first-order valence-electron chi connectivity index (χ1n) is 9.90. The molecule has 0 radical (unpaired) electrons. The smallest absolute Gasteiger partial charge is 0.258 e. The van der Waals surface area contributed by atoms with Gasteiger partial charge >= 0.3 is 0 Å².